The molecule has 2 aliphatic heterocycles. The average molecular weight is 315 g/mol. The molecule has 23 heavy (non-hydrogen) atoms. The molecule has 0 aromatic heterocycles. The van der Waals surface area contributed by atoms with Crippen molar-refractivity contribution in [1.82, 2.24) is 15.5 Å². The second-order valence-electron chi connectivity index (χ2n) is 6.74. The molecule has 2 fully saturated rings. The molecule has 1 aromatic carbocycles. The van der Waals surface area contributed by atoms with E-state index in [-0.39, 0.29) is 17.2 Å². The summed E-state index contributed by atoms with van der Waals surface area (Å²) in [6.45, 7) is 5.46. The molecule has 5 nitrogen and oxygen atoms in total. The number of amides is 2. The first kappa shape index (κ1) is 16.0. The summed E-state index contributed by atoms with van der Waals surface area (Å²) < 4.78 is 0. The Kier molecular flexibility index (Phi) is 4.66. The van der Waals surface area contributed by atoms with E-state index in [1.165, 1.54) is 12.8 Å². The van der Waals surface area contributed by atoms with Crippen LogP contribution in [0.2, 0.25) is 0 Å². The van der Waals surface area contributed by atoms with E-state index in [1.807, 2.05) is 35.2 Å². The van der Waals surface area contributed by atoms with Crippen LogP contribution in [0.5, 0.6) is 0 Å². The fourth-order valence-corrected chi connectivity index (χ4v) is 3.60. The molecule has 0 bridgehead atoms. The molecule has 0 saturated carbocycles. The molecule has 2 aliphatic rings. The predicted octanol–water partition coefficient (Wildman–Crippen LogP) is 1.47. The van der Waals surface area contributed by atoms with E-state index >= 15 is 0 Å². The van der Waals surface area contributed by atoms with Crippen molar-refractivity contribution in [1.29, 1.82) is 0 Å². The monoisotopic (exact) mass is 315 g/mol. The Morgan fingerprint density at radius 1 is 1.30 bits per heavy atom. The van der Waals surface area contributed by atoms with Gasteiger partial charge in [-0.15, -0.1) is 0 Å². The third-order valence-corrected chi connectivity index (χ3v) is 4.93. The van der Waals surface area contributed by atoms with Gasteiger partial charge >= 0.3 is 0 Å². The number of hydrogen-bond donors (Lipinski definition) is 2. The van der Waals surface area contributed by atoms with E-state index in [0.29, 0.717) is 6.42 Å². The zero-order valence-electron chi connectivity index (χ0n) is 13.7. The largest absolute Gasteiger partial charge is 0.341 e. The number of carbonyl (C=O) groups is 2. The van der Waals surface area contributed by atoms with Gasteiger partial charge in [-0.2, -0.15) is 0 Å². The zero-order valence-corrected chi connectivity index (χ0v) is 13.7. The molecule has 2 N–H and O–H groups in total. The van der Waals surface area contributed by atoms with Crippen molar-refractivity contribution in [3.8, 4) is 0 Å². The summed E-state index contributed by atoms with van der Waals surface area (Å²) in [5.74, 6) is -0.0871. The maximum Gasteiger partial charge on any atom is 0.249 e. The lowest BCUT2D eigenvalue weighted by Gasteiger charge is -2.53. The first-order valence-electron chi connectivity index (χ1n) is 8.47. The summed E-state index contributed by atoms with van der Waals surface area (Å²) in [4.78, 5) is 26.6. The topological polar surface area (TPSA) is 61.4 Å². The third kappa shape index (κ3) is 3.39. The van der Waals surface area contributed by atoms with Gasteiger partial charge in [0.1, 0.15) is 6.04 Å². The lowest BCUT2D eigenvalue weighted by molar-refractivity contribution is -0.148. The van der Waals surface area contributed by atoms with Gasteiger partial charge in [0.15, 0.2) is 0 Å². The van der Waals surface area contributed by atoms with Crippen LogP contribution in [0, 0.1) is 5.41 Å². The third-order valence-electron chi connectivity index (χ3n) is 4.93. The van der Waals surface area contributed by atoms with Gasteiger partial charge in [0.05, 0.1) is 0 Å². The fourth-order valence-electron chi connectivity index (χ4n) is 3.60. The van der Waals surface area contributed by atoms with Crippen molar-refractivity contribution >= 4 is 11.8 Å². The molecule has 5 heteroatoms. The highest BCUT2D eigenvalue weighted by Crippen LogP contribution is 2.37. The maximum atomic E-state index is 12.9. The van der Waals surface area contributed by atoms with Gasteiger partial charge in [-0.25, -0.2) is 0 Å². The van der Waals surface area contributed by atoms with Crippen molar-refractivity contribution in [2.24, 2.45) is 5.41 Å². The minimum absolute atomic E-state index is 0.00852. The summed E-state index contributed by atoms with van der Waals surface area (Å²) in [5, 5.41) is 6.31. The van der Waals surface area contributed by atoms with Gasteiger partial charge < -0.3 is 15.5 Å². The van der Waals surface area contributed by atoms with Crippen LogP contribution in [0.4, 0.5) is 0 Å². The molecule has 1 atom stereocenters. The highest BCUT2D eigenvalue weighted by atomic mass is 16.2. The van der Waals surface area contributed by atoms with Gasteiger partial charge in [0.25, 0.3) is 0 Å². The SMILES string of the molecule is CCC(=O)NC(C(=O)N1CC2(CCCNC2)C1)c1ccccc1. The molecule has 124 valence electrons. The lowest BCUT2D eigenvalue weighted by Crippen LogP contribution is -2.65. The van der Waals surface area contributed by atoms with E-state index in [9.17, 15) is 9.59 Å². The number of piperidine rings is 1. The summed E-state index contributed by atoms with van der Waals surface area (Å²) >= 11 is 0. The quantitative estimate of drug-likeness (QED) is 0.884. The Labute approximate surface area is 137 Å². The molecule has 1 spiro atoms. The maximum absolute atomic E-state index is 12.9. The Balaban J connectivity index is 1.70. The molecule has 0 radical (unpaired) electrons. The van der Waals surface area contributed by atoms with Gasteiger partial charge in [0, 0.05) is 31.5 Å². The normalized spacial score (nSPS) is 20.7. The molecule has 1 aromatic rings. The average Bonchev–Trinajstić information content (AvgIpc) is 2.58. The van der Waals surface area contributed by atoms with Crippen LogP contribution in [0.25, 0.3) is 0 Å². The van der Waals surface area contributed by atoms with Crippen LogP contribution in [0.1, 0.15) is 37.8 Å². The molecule has 2 saturated heterocycles. The van der Waals surface area contributed by atoms with Crippen LogP contribution in [-0.2, 0) is 9.59 Å². The summed E-state index contributed by atoms with van der Waals surface area (Å²) in [7, 11) is 0. The Morgan fingerprint density at radius 3 is 2.65 bits per heavy atom. The van der Waals surface area contributed by atoms with Crippen molar-refractivity contribution in [3.05, 3.63) is 35.9 Å². The molecule has 2 heterocycles. The second kappa shape index (κ2) is 6.71. The predicted molar refractivity (Wildman–Crippen MR) is 88.7 cm³/mol. The van der Waals surface area contributed by atoms with E-state index in [2.05, 4.69) is 10.6 Å². The minimum Gasteiger partial charge on any atom is -0.341 e. The van der Waals surface area contributed by atoms with Crippen molar-refractivity contribution in [2.45, 2.75) is 32.2 Å². The minimum atomic E-state index is -0.572. The number of likely N-dealkylation sites (tertiary alicyclic amines) is 1. The first-order chi connectivity index (χ1) is 11.1. The smallest absolute Gasteiger partial charge is 0.249 e. The van der Waals surface area contributed by atoms with E-state index in [0.717, 1.165) is 31.7 Å². The standard InChI is InChI=1S/C18H25N3O2/c1-2-15(22)20-16(14-7-4-3-5-8-14)17(23)21-12-18(13-21)9-6-10-19-11-18/h3-5,7-8,16,19H,2,6,9-13H2,1H3,(H,20,22). The molecular formula is C18H25N3O2. The molecule has 0 aliphatic carbocycles. The van der Waals surface area contributed by atoms with Crippen molar-refractivity contribution < 1.29 is 9.59 Å². The first-order valence-corrected chi connectivity index (χ1v) is 8.47. The van der Waals surface area contributed by atoms with Gasteiger partial charge in [-0.05, 0) is 24.9 Å². The summed E-state index contributed by atoms with van der Waals surface area (Å²) in [5.41, 5.74) is 1.10. The molecule has 1 unspecified atom stereocenters. The van der Waals surface area contributed by atoms with Gasteiger partial charge in [-0.3, -0.25) is 9.59 Å². The number of hydrogen-bond acceptors (Lipinski definition) is 3. The van der Waals surface area contributed by atoms with Crippen LogP contribution >= 0.6 is 0 Å². The van der Waals surface area contributed by atoms with E-state index in [1.54, 1.807) is 6.92 Å². The fraction of sp³-hybridized carbons (Fsp3) is 0.556. The lowest BCUT2D eigenvalue weighted by atomic mass is 9.73. The number of rotatable bonds is 4. The highest BCUT2D eigenvalue weighted by Gasteiger charge is 2.47. The number of nitrogens with zero attached hydrogens (tertiary/aromatic N) is 1. The van der Waals surface area contributed by atoms with Gasteiger partial charge in [0.2, 0.25) is 11.8 Å². The second-order valence-corrected chi connectivity index (χ2v) is 6.74. The van der Waals surface area contributed by atoms with Crippen LogP contribution < -0.4 is 10.6 Å². The number of benzene rings is 1. The number of carbonyl (C=O) groups excluding carboxylic acids is 2. The molecule has 2 amide bonds. The Bertz CT molecular complexity index is 559. The van der Waals surface area contributed by atoms with Crippen LogP contribution in [0.3, 0.4) is 0 Å². The molecular weight excluding hydrogens is 290 g/mol. The van der Waals surface area contributed by atoms with Crippen LogP contribution in [0.15, 0.2) is 30.3 Å². The zero-order chi connectivity index (χ0) is 16.3. The Morgan fingerprint density at radius 2 is 2.04 bits per heavy atom. The summed E-state index contributed by atoms with van der Waals surface area (Å²) in [6.07, 6.45) is 2.74. The van der Waals surface area contributed by atoms with E-state index < -0.39 is 6.04 Å². The Hall–Kier alpha value is -1.88. The highest BCUT2D eigenvalue weighted by molar-refractivity contribution is 5.89. The van der Waals surface area contributed by atoms with Gasteiger partial charge in [-0.1, -0.05) is 37.3 Å². The van der Waals surface area contributed by atoms with Crippen molar-refractivity contribution in [2.75, 3.05) is 26.2 Å². The van der Waals surface area contributed by atoms with E-state index in [4.69, 9.17) is 0 Å². The number of nitrogens with one attached hydrogen (secondary N) is 2. The molecule has 3 rings (SSSR count). The van der Waals surface area contributed by atoms with Crippen LogP contribution in [-0.4, -0.2) is 42.9 Å². The summed E-state index contributed by atoms with van der Waals surface area (Å²) in [6, 6.07) is 8.94. The van der Waals surface area contributed by atoms with Crippen molar-refractivity contribution in [3.63, 3.8) is 0 Å².